The molecule has 2 aromatic carbocycles. The minimum Gasteiger partial charge on any atom is -0.435 e. The van der Waals surface area contributed by atoms with Crippen LogP contribution in [0.15, 0.2) is 42.5 Å². The van der Waals surface area contributed by atoms with Crippen LogP contribution in [0.1, 0.15) is 78.7 Å². The molecule has 1 heterocycles. The van der Waals surface area contributed by atoms with Gasteiger partial charge in [-0.15, -0.1) is 0 Å². The number of rotatable bonds is 7. The van der Waals surface area contributed by atoms with Gasteiger partial charge in [0.2, 0.25) is 0 Å². The summed E-state index contributed by atoms with van der Waals surface area (Å²) >= 11 is 0. The molecule has 3 aliphatic rings. The minimum absolute atomic E-state index is 0.0566. The van der Waals surface area contributed by atoms with E-state index < -0.39 is 29.8 Å². The highest BCUT2D eigenvalue weighted by molar-refractivity contribution is 5.94. The second-order valence-electron chi connectivity index (χ2n) is 11.6. The maximum Gasteiger partial charge on any atom is 0.508 e. The fourth-order valence-electron chi connectivity index (χ4n) is 7.17. The molecule has 3 unspecified atom stereocenters. The summed E-state index contributed by atoms with van der Waals surface area (Å²) in [5.74, 6) is -2.05. The molecule has 0 radical (unpaired) electrons. The van der Waals surface area contributed by atoms with Crippen molar-refractivity contribution in [2.45, 2.75) is 76.4 Å². The SMILES string of the molecule is CCOC(=O)O[C@@H]1C2CCC(C2)[C@@H]1NC(=O)c1nn(-c2ccc(F)cc2F)c2c1CCCCC2Cc1ccc(F)cc1. The molecule has 2 bridgehead atoms. The van der Waals surface area contributed by atoms with Crippen LogP contribution >= 0.6 is 0 Å². The standard InChI is InChI=1S/C32H34F3N3O4/c1-2-41-32(40)42-30-21-10-9-19(16-21)27(30)36-31(39)28-24-6-4-3-5-20(15-18-7-11-22(33)12-8-18)29(24)38(37-28)26-14-13-23(34)17-25(26)35/h7-8,11-14,17,19-21,27,30H,2-6,9-10,15-16H2,1H3,(H,36,39)/t19?,20?,21?,27-,30+/m0/s1. The van der Waals surface area contributed by atoms with Gasteiger partial charge in [-0.2, -0.15) is 5.10 Å². The van der Waals surface area contributed by atoms with Gasteiger partial charge < -0.3 is 14.8 Å². The molecule has 6 rings (SSSR count). The Hall–Kier alpha value is -3.82. The molecule has 1 aromatic heterocycles. The van der Waals surface area contributed by atoms with Gasteiger partial charge in [-0.1, -0.05) is 18.6 Å². The van der Waals surface area contributed by atoms with Crippen LogP contribution in [0.3, 0.4) is 0 Å². The van der Waals surface area contributed by atoms with Crippen molar-refractivity contribution in [3.8, 4) is 5.69 Å². The average Bonchev–Trinajstić information content (AvgIpc) is 3.62. The fraction of sp³-hybridized carbons (Fsp3) is 0.469. The van der Waals surface area contributed by atoms with E-state index in [1.165, 1.54) is 28.9 Å². The van der Waals surface area contributed by atoms with Crippen molar-refractivity contribution in [3.63, 3.8) is 0 Å². The Kier molecular flexibility index (Phi) is 7.96. The lowest BCUT2D eigenvalue weighted by Gasteiger charge is -2.30. The van der Waals surface area contributed by atoms with E-state index in [0.29, 0.717) is 18.5 Å². The Labute approximate surface area is 242 Å². The van der Waals surface area contributed by atoms with Crippen LogP contribution in [-0.4, -0.2) is 40.6 Å². The van der Waals surface area contributed by atoms with Crippen LogP contribution in [0.25, 0.3) is 5.69 Å². The first-order valence-electron chi connectivity index (χ1n) is 14.8. The van der Waals surface area contributed by atoms with Crippen LogP contribution in [-0.2, 0) is 22.3 Å². The predicted molar refractivity (Wildman–Crippen MR) is 148 cm³/mol. The van der Waals surface area contributed by atoms with Crippen LogP contribution in [0.5, 0.6) is 0 Å². The van der Waals surface area contributed by atoms with Crippen molar-refractivity contribution in [1.29, 1.82) is 0 Å². The van der Waals surface area contributed by atoms with Gasteiger partial charge >= 0.3 is 6.16 Å². The zero-order chi connectivity index (χ0) is 29.4. The van der Waals surface area contributed by atoms with Crippen molar-refractivity contribution >= 4 is 12.1 Å². The van der Waals surface area contributed by atoms with Crippen molar-refractivity contribution in [3.05, 3.63) is 82.4 Å². The summed E-state index contributed by atoms with van der Waals surface area (Å²) in [4.78, 5) is 26.1. The summed E-state index contributed by atoms with van der Waals surface area (Å²) in [5, 5.41) is 7.78. The van der Waals surface area contributed by atoms with Gasteiger partial charge in [0.25, 0.3) is 5.91 Å². The van der Waals surface area contributed by atoms with Crippen LogP contribution in [0.4, 0.5) is 18.0 Å². The van der Waals surface area contributed by atoms with E-state index in [-0.39, 0.29) is 47.6 Å². The number of nitrogens with one attached hydrogen (secondary N) is 1. The number of hydrogen-bond acceptors (Lipinski definition) is 5. The smallest absolute Gasteiger partial charge is 0.435 e. The Bertz CT molecular complexity index is 1470. The lowest BCUT2D eigenvalue weighted by Crippen LogP contribution is -2.49. The first-order chi connectivity index (χ1) is 20.3. The molecule has 222 valence electrons. The highest BCUT2D eigenvalue weighted by atomic mass is 19.1. The maximum atomic E-state index is 15.2. The van der Waals surface area contributed by atoms with Gasteiger partial charge in [0.15, 0.2) is 11.5 Å². The van der Waals surface area contributed by atoms with Crippen molar-refractivity contribution in [1.82, 2.24) is 15.1 Å². The predicted octanol–water partition coefficient (Wildman–Crippen LogP) is 6.41. The lowest BCUT2D eigenvalue weighted by molar-refractivity contribution is -0.00578. The molecule has 2 fully saturated rings. The van der Waals surface area contributed by atoms with Crippen molar-refractivity contribution in [2.24, 2.45) is 11.8 Å². The third-order valence-electron chi connectivity index (χ3n) is 9.02. The number of fused-ring (bicyclic) bond motifs is 3. The van der Waals surface area contributed by atoms with E-state index in [0.717, 1.165) is 55.7 Å². The first kappa shape index (κ1) is 28.3. The third-order valence-corrected chi connectivity index (χ3v) is 9.02. The molecule has 0 aliphatic heterocycles. The van der Waals surface area contributed by atoms with E-state index in [1.54, 1.807) is 19.1 Å². The molecule has 42 heavy (non-hydrogen) atoms. The second-order valence-corrected chi connectivity index (χ2v) is 11.6. The molecule has 0 spiro atoms. The van der Waals surface area contributed by atoms with Crippen LogP contribution < -0.4 is 5.32 Å². The number of hydrogen-bond donors (Lipinski definition) is 1. The van der Waals surface area contributed by atoms with E-state index in [1.807, 2.05) is 0 Å². The highest BCUT2D eigenvalue weighted by Gasteiger charge is 2.51. The molecule has 1 amide bonds. The van der Waals surface area contributed by atoms with Gasteiger partial charge in [0.1, 0.15) is 23.4 Å². The molecular formula is C32H34F3N3O4. The Morgan fingerprint density at radius 1 is 1.00 bits per heavy atom. The van der Waals surface area contributed by atoms with E-state index >= 15 is 4.39 Å². The molecule has 7 nitrogen and oxygen atoms in total. The largest absolute Gasteiger partial charge is 0.508 e. The topological polar surface area (TPSA) is 82.4 Å². The number of aromatic nitrogens is 2. The second kappa shape index (κ2) is 11.8. The van der Waals surface area contributed by atoms with Crippen molar-refractivity contribution < 1.29 is 32.2 Å². The first-order valence-corrected chi connectivity index (χ1v) is 14.8. The molecule has 10 heteroatoms. The summed E-state index contributed by atoms with van der Waals surface area (Å²) in [6.07, 6.45) is 5.03. The third kappa shape index (κ3) is 5.51. The van der Waals surface area contributed by atoms with Crippen molar-refractivity contribution in [2.75, 3.05) is 6.61 Å². The Morgan fingerprint density at radius 3 is 2.52 bits per heavy atom. The molecule has 5 atom stereocenters. The Morgan fingerprint density at radius 2 is 1.76 bits per heavy atom. The van der Waals surface area contributed by atoms with E-state index in [9.17, 15) is 18.4 Å². The van der Waals surface area contributed by atoms with E-state index in [2.05, 4.69) is 10.4 Å². The zero-order valence-electron chi connectivity index (χ0n) is 23.5. The number of ether oxygens (including phenoxy) is 2. The van der Waals surface area contributed by atoms with Gasteiger partial charge in [0, 0.05) is 17.5 Å². The maximum absolute atomic E-state index is 15.2. The highest BCUT2D eigenvalue weighted by Crippen LogP contribution is 2.46. The van der Waals surface area contributed by atoms with Crippen LogP contribution in [0.2, 0.25) is 0 Å². The van der Waals surface area contributed by atoms with E-state index in [4.69, 9.17) is 9.47 Å². The lowest BCUT2D eigenvalue weighted by atomic mass is 9.90. The number of carbonyl (C=O) groups excluding carboxylic acids is 2. The molecular weight excluding hydrogens is 547 g/mol. The summed E-state index contributed by atoms with van der Waals surface area (Å²) in [7, 11) is 0. The van der Waals surface area contributed by atoms with Gasteiger partial charge in [-0.3, -0.25) is 4.79 Å². The summed E-state index contributed by atoms with van der Waals surface area (Å²) in [6, 6.07) is 9.20. The number of nitrogens with zero attached hydrogens (tertiary/aromatic N) is 2. The minimum atomic E-state index is -0.784. The molecule has 1 N–H and O–H groups in total. The monoisotopic (exact) mass is 581 g/mol. The summed E-state index contributed by atoms with van der Waals surface area (Å²) in [6.45, 7) is 1.90. The van der Waals surface area contributed by atoms with Crippen LogP contribution in [0, 0.1) is 29.3 Å². The zero-order valence-corrected chi connectivity index (χ0v) is 23.5. The average molecular weight is 582 g/mol. The molecule has 3 aliphatic carbocycles. The number of amides is 1. The number of carbonyl (C=O) groups is 2. The molecule has 3 aromatic rings. The summed E-state index contributed by atoms with van der Waals surface area (Å²) < 4.78 is 54.8. The summed E-state index contributed by atoms with van der Waals surface area (Å²) in [5.41, 5.74) is 2.60. The molecule has 0 saturated heterocycles. The van der Waals surface area contributed by atoms with Gasteiger partial charge in [-0.25, -0.2) is 22.6 Å². The number of halogens is 3. The molecule has 2 saturated carbocycles. The van der Waals surface area contributed by atoms with Gasteiger partial charge in [-0.05, 0) is 93.5 Å². The Balaban J connectivity index is 1.37. The quantitative estimate of drug-likeness (QED) is 0.258. The van der Waals surface area contributed by atoms with Gasteiger partial charge in [0.05, 0.1) is 18.3 Å². The number of benzene rings is 2. The normalized spacial score (nSPS) is 24.6. The fourth-order valence-corrected chi connectivity index (χ4v) is 7.17.